The molecule has 1 saturated heterocycles. The zero-order chi connectivity index (χ0) is 18.4. The number of unbranched alkanes of at least 4 members (excludes halogenated alkanes) is 2. The first kappa shape index (κ1) is 18.7. The van der Waals surface area contributed by atoms with Gasteiger partial charge in [-0.2, -0.15) is 0 Å². The average molecular weight is 351 g/mol. The smallest absolute Gasteiger partial charge is 0.0639 e. The van der Waals surface area contributed by atoms with Gasteiger partial charge in [0, 0.05) is 24.4 Å². The summed E-state index contributed by atoms with van der Waals surface area (Å²) in [6.45, 7) is 2.23. The Labute approximate surface area is 157 Å². The highest BCUT2D eigenvalue weighted by molar-refractivity contribution is 5.88. The van der Waals surface area contributed by atoms with Crippen LogP contribution in [0.5, 0.6) is 0 Å². The molecule has 0 bridgehead atoms. The Balaban J connectivity index is 1.97. The Bertz CT molecular complexity index is 699. The summed E-state index contributed by atoms with van der Waals surface area (Å²) >= 11 is 0. The normalized spacial score (nSPS) is 25.5. The maximum atomic E-state index is 9.80. The third-order valence-electron chi connectivity index (χ3n) is 5.71. The molecule has 3 unspecified atom stereocenters. The Morgan fingerprint density at radius 2 is 1.58 bits per heavy atom. The minimum Gasteiger partial charge on any atom is -0.411 e. The molecule has 138 valence electrons. The lowest BCUT2D eigenvalue weighted by atomic mass is 9.76. The van der Waals surface area contributed by atoms with Crippen LogP contribution in [0.3, 0.4) is 0 Å². The molecule has 1 N–H and O–H groups in total. The molecule has 3 rings (SSSR count). The van der Waals surface area contributed by atoms with Gasteiger partial charge in [-0.05, 0) is 24.6 Å². The summed E-state index contributed by atoms with van der Waals surface area (Å²) < 4.78 is 0. The topological polar surface area (TPSA) is 35.8 Å². The van der Waals surface area contributed by atoms with Gasteiger partial charge in [-0.25, -0.2) is 0 Å². The molecule has 26 heavy (non-hydrogen) atoms. The fourth-order valence-electron chi connectivity index (χ4n) is 4.35. The molecule has 0 aromatic heterocycles. The van der Waals surface area contributed by atoms with Crippen LogP contribution in [0.1, 0.15) is 62.2 Å². The summed E-state index contributed by atoms with van der Waals surface area (Å²) in [5, 5.41) is 13.6. The maximum absolute atomic E-state index is 9.80. The highest BCUT2D eigenvalue weighted by Crippen LogP contribution is 2.44. The maximum Gasteiger partial charge on any atom is 0.0639 e. The van der Waals surface area contributed by atoms with Crippen LogP contribution >= 0.6 is 0 Å². The second kappa shape index (κ2) is 9.00. The quantitative estimate of drug-likeness (QED) is 0.404. The van der Waals surface area contributed by atoms with Gasteiger partial charge in [-0.3, -0.25) is 4.90 Å². The number of likely N-dealkylation sites (tertiary alicyclic amines) is 1. The summed E-state index contributed by atoms with van der Waals surface area (Å²) in [6, 6.07) is 21.7. The number of hydrogen-bond acceptors (Lipinski definition) is 3. The fraction of sp³-hybridized carbons (Fsp3) is 0.435. The van der Waals surface area contributed by atoms with Crippen LogP contribution in [0.4, 0.5) is 0 Å². The standard InChI is InChI=1S/C23H30N2O/c1-3-4-7-16-20-21(24-26)17-22(18-12-8-5-9-13-18)25(2)23(20)19-14-10-6-11-15-19/h5-6,8-15,20,22-23,26H,3-4,7,16-17H2,1-2H3/b24-21-. The van der Waals surface area contributed by atoms with Gasteiger partial charge in [-0.15, -0.1) is 0 Å². The molecule has 0 saturated carbocycles. The van der Waals surface area contributed by atoms with Gasteiger partial charge in [0.1, 0.15) is 0 Å². The fourth-order valence-corrected chi connectivity index (χ4v) is 4.35. The largest absolute Gasteiger partial charge is 0.411 e. The van der Waals surface area contributed by atoms with Crippen molar-refractivity contribution in [1.29, 1.82) is 0 Å². The van der Waals surface area contributed by atoms with Crippen molar-refractivity contribution in [3.05, 3.63) is 71.8 Å². The molecule has 0 aliphatic carbocycles. The Kier molecular flexibility index (Phi) is 6.45. The first-order valence-corrected chi connectivity index (χ1v) is 9.79. The molecule has 2 aromatic rings. The zero-order valence-electron chi connectivity index (χ0n) is 15.9. The lowest BCUT2D eigenvalue weighted by Crippen LogP contribution is -2.43. The van der Waals surface area contributed by atoms with E-state index in [-0.39, 0.29) is 18.0 Å². The van der Waals surface area contributed by atoms with E-state index in [2.05, 4.69) is 84.7 Å². The van der Waals surface area contributed by atoms with Crippen molar-refractivity contribution < 1.29 is 5.21 Å². The first-order valence-electron chi connectivity index (χ1n) is 9.79. The SMILES string of the molecule is CCCCCC1/C(=N\O)CC(c2ccccc2)N(C)C1c1ccccc1. The third kappa shape index (κ3) is 3.99. The molecular formula is C23H30N2O. The number of oxime groups is 1. The van der Waals surface area contributed by atoms with Gasteiger partial charge in [0.25, 0.3) is 0 Å². The molecule has 1 aliphatic rings. The molecule has 1 heterocycles. The Morgan fingerprint density at radius 3 is 2.15 bits per heavy atom. The number of nitrogens with zero attached hydrogens (tertiary/aromatic N) is 2. The van der Waals surface area contributed by atoms with E-state index in [0.717, 1.165) is 18.6 Å². The average Bonchev–Trinajstić information content (AvgIpc) is 2.70. The van der Waals surface area contributed by atoms with Crippen LogP contribution in [0.2, 0.25) is 0 Å². The van der Waals surface area contributed by atoms with E-state index in [1.54, 1.807) is 0 Å². The predicted molar refractivity (Wildman–Crippen MR) is 108 cm³/mol. The van der Waals surface area contributed by atoms with Crippen LogP contribution in [0.25, 0.3) is 0 Å². The predicted octanol–water partition coefficient (Wildman–Crippen LogP) is 5.83. The van der Waals surface area contributed by atoms with Crippen LogP contribution < -0.4 is 0 Å². The van der Waals surface area contributed by atoms with E-state index < -0.39 is 0 Å². The molecule has 1 aliphatic heterocycles. The minimum atomic E-state index is 0.231. The van der Waals surface area contributed by atoms with E-state index in [9.17, 15) is 5.21 Å². The molecular weight excluding hydrogens is 320 g/mol. The van der Waals surface area contributed by atoms with Gasteiger partial charge in [-0.1, -0.05) is 92.0 Å². The molecule has 2 aromatic carbocycles. The van der Waals surface area contributed by atoms with Crippen LogP contribution in [0.15, 0.2) is 65.8 Å². The van der Waals surface area contributed by atoms with Gasteiger partial charge in [0.15, 0.2) is 0 Å². The van der Waals surface area contributed by atoms with E-state index >= 15 is 0 Å². The van der Waals surface area contributed by atoms with Crippen molar-refractivity contribution in [2.45, 2.75) is 51.1 Å². The summed E-state index contributed by atoms with van der Waals surface area (Å²) in [5.74, 6) is 0.263. The van der Waals surface area contributed by atoms with Gasteiger partial charge >= 0.3 is 0 Å². The Hall–Kier alpha value is -2.13. The van der Waals surface area contributed by atoms with Gasteiger partial charge in [0.05, 0.1) is 5.71 Å². The van der Waals surface area contributed by atoms with Crippen molar-refractivity contribution in [1.82, 2.24) is 4.90 Å². The number of piperidine rings is 1. The van der Waals surface area contributed by atoms with Crippen molar-refractivity contribution in [2.24, 2.45) is 11.1 Å². The first-order chi connectivity index (χ1) is 12.8. The monoisotopic (exact) mass is 350 g/mol. The summed E-state index contributed by atoms with van der Waals surface area (Å²) in [6.07, 6.45) is 5.46. The number of rotatable bonds is 6. The molecule has 1 fully saturated rings. The molecule has 3 atom stereocenters. The number of hydrogen-bond donors (Lipinski definition) is 1. The second-order valence-corrected chi connectivity index (χ2v) is 7.35. The zero-order valence-corrected chi connectivity index (χ0v) is 15.9. The van der Waals surface area contributed by atoms with E-state index in [1.807, 2.05) is 0 Å². The van der Waals surface area contributed by atoms with Gasteiger partial charge in [0.2, 0.25) is 0 Å². The van der Waals surface area contributed by atoms with Crippen LogP contribution in [0, 0.1) is 5.92 Å². The van der Waals surface area contributed by atoms with Crippen LogP contribution in [-0.4, -0.2) is 22.9 Å². The van der Waals surface area contributed by atoms with Gasteiger partial charge < -0.3 is 5.21 Å². The van der Waals surface area contributed by atoms with E-state index in [1.165, 1.54) is 30.4 Å². The van der Waals surface area contributed by atoms with E-state index in [4.69, 9.17) is 0 Å². The number of benzene rings is 2. The molecule has 0 radical (unpaired) electrons. The van der Waals surface area contributed by atoms with Crippen LogP contribution in [-0.2, 0) is 0 Å². The lowest BCUT2D eigenvalue weighted by molar-refractivity contribution is 0.117. The van der Waals surface area contributed by atoms with E-state index in [0.29, 0.717) is 0 Å². The van der Waals surface area contributed by atoms with Crippen molar-refractivity contribution in [2.75, 3.05) is 7.05 Å². The molecule has 0 amide bonds. The summed E-state index contributed by atoms with van der Waals surface area (Å²) in [7, 11) is 2.22. The molecule has 0 spiro atoms. The third-order valence-corrected chi connectivity index (χ3v) is 5.71. The summed E-state index contributed by atoms with van der Waals surface area (Å²) in [5.41, 5.74) is 3.53. The highest BCUT2D eigenvalue weighted by Gasteiger charge is 2.40. The Morgan fingerprint density at radius 1 is 0.962 bits per heavy atom. The van der Waals surface area contributed by atoms with Crippen molar-refractivity contribution in [3.8, 4) is 0 Å². The highest BCUT2D eigenvalue weighted by atomic mass is 16.4. The lowest BCUT2D eigenvalue weighted by Gasteiger charge is -2.45. The minimum absolute atomic E-state index is 0.231. The van der Waals surface area contributed by atoms with Crippen molar-refractivity contribution >= 4 is 5.71 Å². The second-order valence-electron chi connectivity index (χ2n) is 7.35. The summed E-state index contributed by atoms with van der Waals surface area (Å²) in [4.78, 5) is 2.48. The molecule has 3 nitrogen and oxygen atoms in total. The molecule has 3 heteroatoms. The van der Waals surface area contributed by atoms with Crippen molar-refractivity contribution in [3.63, 3.8) is 0 Å².